The van der Waals surface area contributed by atoms with Crippen LogP contribution in [0.2, 0.25) is 10.0 Å². The van der Waals surface area contributed by atoms with Crippen LogP contribution in [0.25, 0.3) is 0 Å². The number of ether oxygens (including phenoxy) is 2. The fraction of sp³-hybridized carbons (Fsp3) is 0.222. The molecule has 0 bridgehead atoms. The number of aromatic nitrogens is 1. The van der Waals surface area contributed by atoms with Gasteiger partial charge in [-0.15, -0.1) is 0 Å². The van der Waals surface area contributed by atoms with Crippen molar-refractivity contribution >= 4 is 34.8 Å². The maximum atomic E-state index is 14.4. The van der Waals surface area contributed by atoms with Gasteiger partial charge in [0.1, 0.15) is 11.9 Å². The molecule has 1 N–H and O–H groups in total. The highest BCUT2D eigenvalue weighted by Crippen LogP contribution is 2.34. The summed E-state index contributed by atoms with van der Waals surface area (Å²) < 4.78 is 25.4. The van der Waals surface area contributed by atoms with Gasteiger partial charge in [-0.1, -0.05) is 29.3 Å². The first-order valence-electron chi connectivity index (χ1n) is 7.80. The number of hydrogen-bond donors (Lipinski definition) is 1. The molecule has 1 aromatic heterocycles. The van der Waals surface area contributed by atoms with Crippen molar-refractivity contribution in [2.24, 2.45) is 0 Å². The van der Waals surface area contributed by atoms with Gasteiger partial charge in [0.25, 0.3) is 5.91 Å². The van der Waals surface area contributed by atoms with E-state index in [2.05, 4.69) is 10.3 Å². The monoisotopic (exact) mass is 396 g/mol. The molecule has 8 heteroatoms. The number of anilines is 1. The van der Waals surface area contributed by atoms with Crippen molar-refractivity contribution in [2.75, 3.05) is 12.4 Å². The summed E-state index contributed by atoms with van der Waals surface area (Å²) in [4.78, 5) is 16.3. The molecule has 26 heavy (non-hydrogen) atoms. The molecule has 5 nitrogen and oxygen atoms in total. The molecule has 0 radical (unpaired) electrons. The Labute approximate surface area is 159 Å². The highest BCUT2D eigenvalue weighted by Gasteiger charge is 2.21. The van der Waals surface area contributed by atoms with Crippen molar-refractivity contribution in [3.63, 3.8) is 0 Å². The number of nitrogens with one attached hydrogen (secondary N) is 1. The van der Waals surface area contributed by atoms with Gasteiger partial charge in [-0.05, 0) is 25.0 Å². The quantitative estimate of drug-likeness (QED) is 0.731. The van der Waals surface area contributed by atoms with E-state index in [9.17, 15) is 9.18 Å². The van der Waals surface area contributed by atoms with Crippen LogP contribution in [0.15, 0.2) is 36.7 Å². The van der Waals surface area contributed by atoms with E-state index in [0.717, 1.165) is 18.9 Å². The van der Waals surface area contributed by atoms with E-state index < -0.39 is 11.7 Å². The first-order valence-corrected chi connectivity index (χ1v) is 8.56. The number of amides is 1. The number of rotatable bonds is 5. The standard InChI is InChI=1S/C18H15Cl2FN2O3/c1-25-15-7-14(21)11(6-16(15)26-10-4-2-3-5-10)18(24)23-17-12(19)8-22-9-13(17)20/h2,4,6-10H,3,5H2,1H3,(H,22,23,24). The summed E-state index contributed by atoms with van der Waals surface area (Å²) in [5.74, 6) is -0.983. The van der Waals surface area contributed by atoms with Crippen LogP contribution in [0.5, 0.6) is 11.5 Å². The second-order valence-corrected chi connectivity index (χ2v) is 6.39. The Hall–Kier alpha value is -2.31. The van der Waals surface area contributed by atoms with Gasteiger partial charge in [0.15, 0.2) is 11.5 Å². The number of carbonyl (C=O) groups excluding carboxylic acids is 1. The molecule has 136 valence electrons. The summed E-state index contributed by atoms with van der Waals surface area (Å²) in [6.45, 7) is 0. The Balaban J connectivity index is 1.90. The molecule has 1 aliphatic rings. The number of nitrogens with zero attached hydrogens (tertiary/aromatic N) is 1. The Kier molecular flexibility index (Phi) is 5.64. The lowest BCUT2D eigenvalue weighted by Gasteiger charge is -2.17. The average Bonchev–Trinajstić information content (AvgIpc) is 3.12. The molecular formula is C18H15Cl2FN2O3. The number of hydrogen-bond acceptors (Lipinski definition) is 4. The van der Waals surface area contributed by atoms with Crippen LogP contribution >= 0.6 is 23.2 Å². The van der Waals surface area contributed by atoms with Gasteiger partial charge in [0.05, 0.1) is 28.4 Å². The van der Waals surface area contributed by atoms with Crippen molar-refractivity contribution in [2.45, 2.75) is 18.9 Å². The van der Waals surface area contributed by atoms with E-state index >= 15 is 0 Å². The number of pyridine rings is 1. The Morgan fingerprint density at radius 1 is 1.27 bits per heavy atom. The fourth-order valence-corrected chi connectivity index (χ4v) is 3.00. The summed E-state index contributed by atoms with van der Waals surface area (Å²) in [6, 6.07) is 2.41. The van der Waals surface area contributed by atoms with Gasteiger partial charge in [-0.25, -0.2) is 4.39 Å². The molecule has 1 aliphatic carbocycles. The zero-order valence-electron chi connectivity index (χ0n) is 13.8. The highest BCUT2D eigenvalue weighted by molar-refractivity contribution is 6.39. The SMILES string of the molecule is COc1cc(F)c(C(=O)Nc2c(Cl)cncc2Cl)cc1OC1C=CCC1. The number of halogens is 3. The molecule has 0 fully saturated rings. The lowest BCUT2D eigenvalue weighted by Crippen LogP contribution is -2.16. The van der Waals surface area contributed by atoms with E-state index in [-0.39, 0.29) is 38.9 Å². The van der Waals surface area contributed by atoms with Crippen LogP contribution in [-0.4, -0.2) is 24.1 Å². The van der Waals surface area contributed by atoms with Crippen LogP contribution in [0.4, 0.5) is 10.1 Å². The predicted molar refractivity (Wildman–Crippen MR) is 98.0 cm³/mol. The molecule has 1 unspecified atom stereocenters. The van der Waals surface area contributed by atoms with Gasteiger partial charge in [-0.2, -0.15) is 0 Å². The summed E-state index contributed by atoms with van der Waals surface area (Å²) in [7, 11) is 1.41. The van der Waals surface area contributed by atoms with E-state index in [1.54, 1.807) is 0 Å². The van der Waals surface area contributed by atoms with Crippen LogP contribution in [0, 0.1) is 5.82 Å². The third kappa shape index (κ3) is 3.92. The second-order valence-electron chi connectivity index (χ2n) is 5.58. The number of methoxy groups -OCH3 is 1. The van der Waals surface area contributed by atoms with Crippen molar-refractivity contribution in [1.82, 2.24) is 4.98 Å². The lowest BCUT2D eigenvalue weighted by atomic mass is 10.1. The third-order valence-corrected chi connectivity index (χ3v) is 4.41. The molecule has 0 spiro atoms. The Morgan fingerprint density at radius 2 is 2.00 bits per heavy atom. The molecule has 1 heterocycles. The molecule has 1 aromatic carbocycles. The second kappa shape index (κ2) is 7.93. The first-order chi connectivity index (χ1) is 12.5. The van der Waals surface area contributed by atoms with Gasteiger partial charge < -0.3 is 14.8 Å². The summed E-state index contributed by atoms with van der Waals surface area (Å²) >= 11 is 12.0. The smallest absolute Gasteiger partial charge is 0.258 e. The first kappa shape index (κ1) is 18.5. The molecule has 3 rings (SSSR count). The number of benzene rings is 1. The number of allylic oxidation sites excluding steroid dienone is 1. The number of carbonyl (C=O) groups is 1. The van der Waals surface area contributed by atoms with Gasteiger partial charge in [0.2, 0.25) is 0 Å². The maximum Gasteiger partial charge on any atom is 0.258 e. The van der Waals surface area contributed by atoms with Crippen LogP contribution in [0.3, 0.4) is 0 Å². The Bertz CT molecular complexity index is 854. The summed E-state index contributed by atoms with van der Waals surface area (Å²) in [6.07, 6.45) is 8.14. The molecule has 1 amide bonds. The van der Waals surface area contributed by atoms with Gasteiger partial charge >= 0.3 is 0 Å². The van der Waals surface area contributed by atoms with Crippen molar-refractivity contribution in [1.29, 1.82) is 0 Å². The molecule has 0 saturated heterocycles. The maximum absolute atomic E-state index is 14.4. The van der Waals surface area contributed by atoms with Crippen molar-refractivity contribution < 1.29 is 18.7 Å². The highest BCUT2D eigenvalue weighted by atomic mass is 35.5. The van der Waals surface area contributed by atoms with E-state index in [1.807, 2.05) is 12.2 Å². The molecule has 0 saturated carbocycles. The predicted octanol–water partition coefficient (Wildman–Crippen LogP) is 4.89. The Morgan fingerprint density at radius 3 is 2.62 bits per heavy atom. The molecule has 2 aromatic rings. The zero-order chi connectivity index (χ0) is 18.7. The normalized spacial score (nSPS) is 15.8. The lowest BCUT2D eigenvalue weighted by molar-refractivity contribution is 0.102. The fourth-order valence-electron chi connectivity index (χ4n) is 2.54. The van der Waals surface area contributed by atoms with Crippen LogP contribution < -0.4 is 14.8 Å². The largest absolute Gasteiger partial charge is 0.493 e. The van der Waals surface area contributed by atoms with Gasteiger partial charge in [0, 0.05) is 18.5 Å². The van der Waals surface area contributed by atoms with Crippen molar-refractivity contribution in [3.05, 3.63) is 58.1 Å². The third-order valence-electron chi connectivity index (χ3n) is 3.84. The topological polar surface area (TPSA) is 60.5 Å². The van der Waals surface area contributed by atoms with E-state index in [1.165, 1.54) is 25.6 Å². The zero-order valence-corrected chi connectivity index (χ0v) is 15.3. The minimum absolute atomic E-state index is 0.144. The van der Waals surface area contributed by atoms with Crippen LogP contribution in [0.1, 0.15) is 23.2 Å². The van der Waals surface area contributed by atoms with Crippen LogP contribution in [-0.2, 0) is 0 Å². The van der Waals surface area contributed by atoms with E-state index in [0.29, 0.717) is 0 Å². The minimum atomic E-state index is -0.755. The average molecular weight is 397 g/mol. The molecular weight excluding hydrogens is 382 g/mol. The van der Waals surface area contributed by atoms with Crippen molar-refractivity contribution in [3.8, 4) is 11.5 Å². The molecule has 1 atom stereocenters. The minimum Gasteiger partial charge on any atom is -0.493 e. The summed E-state index contributed by atoms with van der Waals surface area (Å²) in [5, 5.41) is 2.79. The van der Waals surface area contributed by atoms with E-state index in [4.69, 9.17) is 32.7 Å². The summed E-state index contributed by atoms with van der Waals surface area (Å²) in [5.41, 5.74) is -0.0588. The van der Waals surface area contributed by atoms with Gasteiger partial charge in [-0.3, -0.25) is 9.78 Å². The molecule has 0 aliphatic heterocycles.